The van der Waals surface area contributed by atoms with Gasteiger partial charge in [-0.25, -0.2) is 0 Å². The van der Waals surface area contributed by atoms with E-state index in [9.17, 15) is 9.59 Å². The molecule has 1 aliphatic heterocycles. The molecule has 1 saturated heterocycles. The van der Waals surface area contributed by atoms with E-state index in [-0.39, 0.29) is 18.0 Å². The lowest BCUT2D eigenvalue weighted by Gasteiger charge is -2.46. The first kappa shape index (κ1) is 13.3. The van der Waals surface area contributed by atoms with E-state index in [2.05, 4.69) is 24.0 Å². The molecule has 0 N–H and O–H groups in total. The first-order chi connectivity index (χ1) is 9.66. The van der Waals surface area contributed by atoms with Gasteiger partial charge in [0, 0.05) is 25.3 Å². The van der Waals surface area contributed by atoms with Crippen LogP contribution in [-0.4, -0.2) is 22.6 Å². The van der Waals surface area contributed by atoms with Crippen molar-refractivity contribution in [1.29, 1.82) is 0 Å². The van der Waals surface area contributed by atoms with Gasteiger partial charge >= 0.3 is 0 Å². The molecule has 106 valence electrons. The summed E-state index contributed by atoms with van der Waals surface area (Å²) in [5.74, 6) is 0.991. The van der Waals surface area contributed by atoms with Crippen LogP contribution in [0.5, 0.6) is 0 Å². The van der Waals surface area contributed by atoms with Gasteiger partial charge < -0.3 is 4.90 Å². The Bertz CT molecular complexity index is 511. The second-order valence-electron chi connectivity index (χ2n) is 6.04. The van der Waals surface area contributed by atoms with Gasteiger partial charge in [0.1, 0.15) is 5.78 Å². The smallest absolute Gasteiger partial charge is 0.223 e. The molecule has 1 heterocycles. The van der Waals surface area contributed by atoms with Crippen LogP contribution < -0.4 is 0 Å². The maximum Gasteiger partial charge on any atom is 0.223 e. The van der Waals surface area contributed by atoms with Crippen molar-refractivity contribution in [2.75, 3.05) is 0 Å². The highest BCUT2D eigenvalue weighted by atomic mass is 16.2. The summed E-state index contributed by atoms with van der Waals surface area (Å²) in [6.45, 7) is 2.10. The molecule has 1 saturated carbocycles. The number of benzene rings is 1. The minimum atomic E-state index is 0.102. The van der Waals surface area contributed by atoms with E-state index in [1.54, 1.807) is 0 Å². The van der Waals surface area contributed by atoms with Crippen molar-refractivity contribution in [3.8, 4) is 0 Å². The highest BCUT2D eigenvalue weighted by molar-refractivity contribution is 5.82. The number of fused-ring (bicyclic) bond motifs is 1. The van der Waals surface area contributed by atoms with Crippen molar-refractivity contribution in [3.63, 3.8) is 0 Å². The van der Waals surface area contributed by atoms with E-state index in [0.717, 1.165) is 12.8 Å². The number of Topliss-reactive ketones (excluding diaryl/α,β-unsaturated/α-hetero) is 1. The predicted octanol–water partition coefficient (Wildman–Crippen LogP) is 3.11. The zero-order valence-electron chi connectivity index (χ0n) is 11.9. The minimum Gasteiger partial charge on any atom is -0.333 e. The van der Waals surface area contributed by atoms with Crippen LogP contribution in [0.15, 0.2) is 30.3 Å². The molecule has 3 nitrogen and oxygen atoms in total. The summed E-state index contributed by atoms with van der Waals surface area (Å²) in [5, 5.41) is 0. The molecule has 3 heteroatoms. The van der Waals surface area contributed by atoms with Crippen LogP contribution >= 0.6 is 0 Å². The van der Waals surface area contributed by atoms with Gasteiger partial charge in [-0.3, -0.25) is 9.59 Å². The van der Waals surface area contributed by atoms with Gasteiger partial charge in [0.2, 0.25) is 5.91 Å². The van der Waals surface area contributed by atoms with Crippen LogP contribution in [0, 0.1) is 5.92 Å². The fourth-order valence-corrected chi connectivity index (χ4v) is 3.75. The SMILES string of the molecule is CC(c1ccccc1)N1C(=O)CC[C@@H]2CC(=O)CC[C@H]21. The highest BCUT2D eigenvalue weighted by Gasteiger charge is 2.41. The molecule has 0 spiro atoms. The average molecular weight is 271 g/mol. The maximum absolute atomic E-state index is 12.4. The Morgan fingerprint density at radius 2 is 1.85 bits per heavy atom. The number of piperidine rings is 1. The normalized spacial score (nSPS) is 28.1. The lowest BCUT2D eigenvalue weighted by Crippen LogP contribution is -2.51. The van der Waals surface area contributed by atoms with Crippen molar-refractivity contribution < 1.29 is 9.59 Å². The quantitative estimate of drug-likeness (QED) is 0.829. The Morgan fingerprint density at radius 1 is 1.10 bits per heavy atom. The Labute approximate surface area is 120 Å². The van der Waals surface area contributed by atoms with Crippen LogP contribution in [0.4, 0.5) is 0 Å². The number of hydrogen-bond acceptors (Lipinski definition) is 2. The maximum atomic E-state index is 12.4. The predicted molar refractivity (Wildman–Crippen MR) is 77.1 cm³/mol. The standard InChI is InChI=1S/C17H21NO2/c1-12(13-5-3-2-4-6-13)18-16-9-8-15(19)11-14(16)7-10-17(18)20/h2-6,12,14,16H,7-11H2,1H3/t12?,14-,16-/m1/s1. The van der Waals surface area contributed by atoms with Gasteiger partial charge in [0.25, 0.3) is 0 Å². The van der Waals surface area contributed by atoms with E-state index in [0.29, 0.717) is 31.0 Å². The summed E-state index contributed by atoms with van der Waals surface area (Å²) < 4.78 is 0. The van der Waals surface area contributed by atoms with Crippen molar-refractivity contribution >= 4 is 11.7 Å². The Balaban J connectivity index is 1.86. The number of amides is 1. The molecular weight excluding hydrogens is 250 g/mol. The Hall–Kier alpha value is -1.64. The molecule has 20 heavy (non-hydrogen) atoms. The number of likely N-dealkylation sites (tertiary alicyclic amines) is 1. The fraction of sp³-hybridized carbons (Fsp3) is 0.529. The number of ketones is 1. The largest absolute Gasteiger partial charge is 0.333 e. The molecule has 3 atom stereocenters. The summed E-state index contributed by atoms with van der Waals surface area (Å²) in [6, 6.07) is 10.5. The van der Waals surface area contributed by atoms with E-state index in [1.165, 1.54) is 5.56 Å². The van der Waals surface area contributed by atoms with Gasteiger partial charge in [0.15, 0.2) is 0 Å². The van der Waals surface area contributed by atoms with Crippen LogP contribution in [0.3, 0.4) is 0 Å². The summed E-state index contributed by atoms with van der Waals surface area (Å²) in [4.78, 5) is 26.1. The number of carbonyl (C=O) groups excluding carboxylic acids is 2. The van der Waals surface area contributed by atoms with E-state index in [4.69, 9.17) is 0 Å². The lowest BCUT2D eigenvalue weighted by molar-refractivity contribution is -0.146. The topological polar surface area (TPSA) is 37.4 Å². The first-order valence-corrected chi connectivity index (χ1v) is 7.54. The van der Waals surface area contributed by atoms with Crippen LogP contribution in [0.25, 0.3) is 0 Å². The van der Waals surface area contributed by atoms with Gasteiger partial charge in [0.05, 0.1) is 6.04 Å². The van der Waals surface area contributed by atoms with Crippen molar-refractivity contribution in [2.24, 2.45) is 5.92 Å². The molecule has 1 aromatic rings. The highest BCUT2D eigenvalue weighted by Crippen LogP contribution is 2.38. The number of nitrogens with zero attached hydrogens (tertiary/aromatic N) is 1. The molecule has 1 unspecified atom stereocenters. The lowest BCUT2D eigenvalue weighted by atomic mass is 9.76. The summed E-state index contributed by atoms with van der Waals surface area (Å²) in [6.07, 6.45) is 3.60. The number of carbonyl (C=O) groups is 2. The van der Waals surface area contributed by atoms with Gasteiger partial charge in [-0.15, -0.1) is 0 Å². The summed E-state index contributed by atoms with van der Waals surface area (Å²) in [7, 11) is 0. The molecule has 2 fully saturated rings. The molecule has 1 aromatic carbocycles. The third-order valence-corrected chi connectivity index (χ3v) is 4.83. The van der Waals surface area contributed by atoms with E-state index in [1.807, 2.05) is 18.2 Å². The zero-order valence-corrected chi connectivity index (χ0v) is 11.9. The van der Waals surface area contributed by atoms with Crippen LogP contribution in [0.2, 0.25) is 0 Å². The Kier molecular flexibility index (Phi) is 3.60. The third kappa shape index (κ3) is 2.37. The zero-order chi connectivity index (χ0) is 14.1. The van der Waals surface area contributed by atoms with Crippen molar-refractivity contribution in [3.05, 3.63) is 35.9 Å². The van der Waals surface area contributed by atoms with Crippen molar-refractivity contribution in [1.82, 2.24) is 4.90 Å². The minimum absolute atomic E-state index is 0.102. The summed E-state index contributed by atoms with van der Waals surface area (Å²) in [5.41, 5.74) is 1.18. The van der Waals surface area contributed by atoms with Crippen LogP contribution in [-0.2, 0) is 9.59 Å². The number of hydrogen-bond donors (Lipinski definition) is 0. The molecule has 0 bridgehead atoms. The molecule has 0 aromatic heterocycles. The third-order valence-electron chi connectivity index (χ3n) is 4.83. The molecule has 1 amide bonds. The molecule has 0 radical (unpaired) electrons. The fourth-order valence-electron chi connectivity index (χ4n) is 3.75. The van der Waals surface area contributed by atoms with E-state index >= 15 is 0 Å². The average Bonchev–Trinajstić information content (AvgIpc) is 2.48. The van der Waals surface area contributed by atoms with E-state index < -0.39 is 0 Å². The molecular formula is C17H21NO2. The van der Waals surface area contributed by atoms with Gasteiger partial charge in [-0.2, -0.15) is 0 Å². The van der Waals surface area contributed by atoms with Crippen LogP contribution in [0.1, 0.15) is 50.6 Å². The Morgan fingerprint density at radius 3 is 2.60 bits per heavy atom. The van der Waals surface area contributed by atoms with Gasteiger partial charge in [-0.05, 0) is 31.2 Å². The first-order valence-electron chi connectivity index (χ1n) is 7.54. The monoisotopic (exact) mass is 271 g/mol. The molecule has 3 rings (SSSR count). The summed E-state index contributed by atoms with van der Waals surface area (Å²) >= 11 is 0. The number of rotatable bonds is 2. The van der Waals surface area contributed by atoms with Gasteiger partial charge in [-0.1, -0.05) is 30.3 Å². The molecule has 1 aliphatic carbocycles. The molecule has 2 aliphatic rings. The second-order valence-corrected chi connectivity index (χ2v) is 6.04. The van der Waals surface area contributed by atoms with Crippen molar-refractivity contribution in [2.45, 2.75) is 51.1 Å². The second kappa shape index (κ2) is 5.39.